The maximum atomic E-state index is 6.28. The number of aromatic nitrogens is 1. The van der Waals surface area contributed by atoms with E-state index in [9.17, 15) is 0 Å². The lowest BCUT2D eigenvalue weighted by Gasteiger charge is -2.32. The fourth-order valence-corrected chi connectivity index (χ4v) is 3.13. The molecule has 5 heteroatoms. The van der Waals surface area contributed by atoms with Gasteiger partial charge in [-0.2, -0.15) is 0 Å². The largest absolute Gasteiger partial charge is 0.370 e. The lowest BCUT2D eigenvalue weighted by Crippen LogP contribution is -2.42. The van der Waals surface area contributed by atoms with E-state index in [0.717, 1.165) is 27.9 Å². The first kappa shape index (κ1) is 14.1. The summed E-state index contributed by atoms with van der Waals surface area (Å²) in [4.78, 5) is 11.2. The molecule has 0 saturated heterocycles. The third-order valence-corrected chi connectivity index (χ3v) is 4.53. The van der Waals surface area contributed by atoms with Crippen molar-refractivity contribution in [3.8, 4) is 0 Å². The van der Waals surface area contributed by atoms with E-state index < -0.39 is 0 Å². The van der Waals surface area contributed by atoms with Crippen LogP contribution in [-0.4, -0.2) is 28.4 Å². The van der Waals surface area contributed by atoms with Crippen LogP contribution in [0.4, 0.5) is 0 Å². The first-order valence-corrected chi connectivity index (χ1v) is 7.62. The number of rotatable bonds is 3. The predicted octanol–water partition coefficient (Wildman–Crippen LogP) is 3.36. The van der Waals surface area contributed by atoms with Crippen LogP contribution in [-0.2, 0) is 0 Å². The van der Waals surface area contributed by atoms with Crippen molar-refractivity contribution in [2.45, 2.75) is 32.4 Å². The first-order chi connectivity index (χ1) is 10.1. The van der Waals surface area contributed by atoms with Crippen LogP contribution in [0.25, 0.3) is 10.9 Å². The third-order valence-electron chi connectivity index (χ3n) is 4.20. The Hall–Kier alpha value is -1.81. The monoisotopic (exact) mass is 302 g/mol. The molecule has 1 aliphatic rings. The molecule has 0 fully saturated rings. The number of benzene rings is 1. The molecule has 0 radical (unpaired) electrons. The van der Waals surface area contributed by atoms with Gasteiger partial charge in [0.25, 0.3) is 0 Å². The zero-order valence-corrected chi connectivity index (χ0v) is 13.0. The van der Waals surface area contributed by atoms with Gasteiger partial charge in [-0.3, -0.25) is 9.98 Å². The van der Waals surface area contributed by atoms with Crippen molar-refractivity contribution in [1.29, 1.82) is 0 Å². The summed E-state index contributed by atoms with van der Waals surface area (Å²) >= 11 is 6.28. The smallest absolute Gasteiger partial charge is 0.192 e. The minimum absolute atomic E-state index is 0.134. The molecule has 1 aromatic heterocycles. The number of fused-ring (bicyclic) bond motifs is 1. The summed E-state index contributed by atoms with van der Waals surface area (Å²) in [5.41, 5.74) is 8.16. The minimum atomic E-state index is 0.134. The standard InChI is InChI=1S/C16H19ClN4/c1-3-10(2)21-14(9-20-16(21)18)12-6-7-13(17)11-5-4-8-19-15(11)12/h4-8,10,14H,3,9H2,1-2H3,(H2,18,20). The molecule has 21 heavy (non-hydrogen) atoms. The number of guanidine groups is 1. The van der Waals surface area contributed by atoms with Crippen molar-refractivity contribution in [2.75, 3.05) is 6.54 Å². The van der Waals surface area contributed by atoms with Gasteiger partial charge in [0.05, 0.1) is 18.1 Å². The van der Waals surface area contributed by atoms with Gasteiger partial charge in [0.2, 0.25) is 0 Å². The van der Waals surface area contributed by atoms with Crippen molar-refractivity contribution < 1.29 is 0 Å². The number of pyridine rings is 1. The summed E-state index contributed by atoms with van der Waals surface area (Å²) in [7, 11) is 0. The van der Waals surface area contributed by atoms with Crippen LogP contribution in [0.1, 0.15) is 31.9 Å². The fourth-order valence-electron chi connectivity index (χ4n) is 2.92. The van der Waals surface area contributed by atoms with E-state index in [1.54, 1.807) is 6.20 Å². The Morgan fingerprint density at radius 1 is 1.43 bits per heavy atom. The quantitative estimate of drug-likeness (QED) is 0.946. The number of hydrogen-bond donors (Lipinski definition) is 1. The van der Waals surface area contributed by atoms with Crippen molar-refractivity contribution in [3.05, 3.63) is 41.0 Å². The van der Waals surface area contributed by atoms with Gasteiger partial charge in [0, 0.05) is 28.2 Å². The second-order valence-corrected chi connectivity index (χ2v) is 5.82. The van der Waals surface area contributed by atoms with Gasteiger partial charge in [-0.15, -0.1) is 0 Å². The number of nitrogens with zero attached hydrogens (tertiary/aromatic N) is 3. The molecule has 0 saturated carbocycles. The number of hydrogen-bond acceptors (Lipinski definition) is 4. The predicted molar refractivity (Wildman–Crippen MR) is 87.6 cm³/mol. The Bertz CT molecular complexity index is 698. The molecule has 0 amide bonds. The first-order valence-electron chi connectivity index (χ1n) is 7.24. The molecule has 0 aliphatic carbocycles. The molecule has 110 valence electrons. The van der Waals surface area contributed by atoms with Crippen LogP contribution in [0.15, 0.2) is 35.5 Å². The molecule has 1 aromatic carbocycles. The lowest BCUT2D eigenvalue weighted by molar-refractivity contribution is 0.269. The Morgan fingerprint density at radius 3 is 3.00 bits per heavy atom. The van der Waals surface area contributed by atoms with Crippen molar-refractivity contribution in [2.24, 2.45) is 10.7 Å². The van der Waals surface area contributed by atoms with Gasteiger partial charge in [-0.25, -0.2) is 0 Å². The summed E-state index contributed by atoms with van der Waals surface area (Å²) in [5.74, 6) is 0.619. The Kier molecular flexibility index (Phi) is 3.72. The molecule has 1 aliphatic heterocycles. The van der Waals surface area contributed by atoms with Crippen LogP contribution in [0.2, 0.25) is 5.02 Å². The summed E-state index contributed by atoms with van der Waals surface area (Å²) in [5, 5.41) is 1.70. The number of halogens is 1. The lowest BCUT2D eigenvalue weighted by atomic mass is 10.0. The average molecular weight is 303 g/mol. The molecule has 2 heterocycles. The third kappa shape index (κ3) is 2.33. The van der Waals surface area contributed by atoms with Gasteiger partial charge in [-0.1, -0.05) is 24.6 Å². The summed E-state index contributed by atoms with van der Waals surface area (Å²) in [6, 6.07) is 8.37. The van der Waals surface area contributed by atoms with Crippen LogP contribution in [0.5, 0.6) is 0 Å². The van der Waals surface area contributed by atoms with Gasteiger partial charge < -0.3 is 10.6 Å². The zero-order valence-electron chi connectivity index (χ0n) is 12.3. The van der Waals surface area contributed by atoms with E-state index >= 15 is 0 Å². The van der Waals surface area contributed by atoms with Gasteiger partial charge >= 0.3 is 0 Å². The van der Waals surface area contributed by atoms with E-state index in [1.165, 1.54) is 0 Å². The molecule has 0 bridgehead atoms. The molecular formula is C16H19ClN4. The molecule has 4 nitrogen and oxygen atoms in total. The van der Waals surface area contributed by atoms with E-state index in [1.807, 2.05) is 24.3 Å². The molecule has 2 atom stereocenters. The van der Waals surface area contributed by atoms with Crippen molar-refractivity contribution in [3.63, 3.8) is 0 Å². The van der Waals surface area contributed by atoms with Gasteiger partial charge in [0.1, 0.15) is 0 Å². The molecule has 0 spiro atoms. The van der Waals surface area contributed by atoms with Crippen molar-refractivity contribution in [1.82, 2.24) is 9.88 Å². The van der Waals surface area contributed by atoms with Gasteiger partial charge in [-0.05, 0) is 31.5 Å². The highest BCUT2D eigenvalue weighted by molar-refractivity contribution is 6.35. The SMILES string of the molecule is CCC(C)N1C(N)=NCC1c1ccc(Cl)c2cccnc12. The average Bonchev–Trinajstić information content (AvgIpc) is 2.89. The fraction of sp³-hybridized carbons (Fsp3) is 0.375. The van der Waals surface area contributed by atoms with E-state index in [-0.39, 0.29) is 6.04 Å². The minimum Gasteiger partial charge on any atom is -0.370 e. The molecule has 2 aromatic rings. The van der Waals surface area contributed by atoms with Crippen LogP contribution in [0, 0.1) is 0 Å². The highest BCUT2D eigenvalue weighted by Gasteiger charge is 2.32. The zero-order chi connectivity index (χ0) is 15.0. The molecule has 2 unspecified atom stereocenters. The van der Waals surface area contributed by atoms with Crippen molar-refractivity contribution >= 4 is 28.5 Å². The summed E-state index contributed by atoms with van der Waals surface area (Å²) < 4.78 is 0. The topological polar surface area (TPSA) is 54.5 Å². The highest BCUT2D eigenvalue weighted by Crippen LogP contribution is 2.34. The maximum Gasteiger partial charge on any atom is 0.192 e. The second-order valence-electron chi connectivity index (χ2n) is 5.42. The Balaban J connectivity index is 2.11. The Labute approximate surface area is 129 Å². The van der Waals surface area contributed by atoms with Gasteiger partial charge in [0.15, 0.2) is 5.96 Å². The number of aliphatic imine (C=N–C) groups is 1. The Morgan fingerprint density at radius 2 is 2.24 bits per heavy atom. The molecule has 3 rings (SSSR count). The van der Waals surface area contributed by atoms with E-state index in [0.29, 0.717) is 18.5 Å². The van der Waals surface area contributed by atoms with Crippen LogP contribution in [0.3, 0.4) is 0 Å². The second kappa shape index (κ2) is 5.53. The summed E-state index contributed by atoms with van der Waals surface area (Å²) in [6.45, 7) is 5.00. The molecular weight excluding hydrogens is 284 g/mol. The van der Waals surface area contributed by atoms with E-state index in [2.05, 4.69) is 28.7 Å². The normalized spacial score (nSPS) is 19.9. The van der Waals surface area contributed by atoms with Crippen LogP contribution >= 0.6 is 11.6 Å². The van der Waals surface area contributed by atoms with Crippen LogP contribution < -0.4 is 5.73 Å². The summed E-state index contributed by atoms with van der Waals surface area (Å²) in [6.07, 6.45) is 2.82. The molecule has 2 N–H and O–H groups in total. The number of nitrogens with two attached hydrogens (primary N) is 1. The highest BCUT2D eigenvalue weighted by atomic mass is 35.5. The maximum absolute atomic E-state index is 6.28. The van der Waals surface area contributed by atoms with E-state index in [4.69, 9.17) is 17.3 Å².